The fourth-order valence-electron chi connectivity index (χ4n) is 2.37. The van der Waals surface area contributed by atoms with Crippen LogP contribution in [0.25, 0.3) is 11.0 Å². The molecule has 7 nitrogen and oxygen atoms in total. The maximum atomic E-state index is 12.9. The number of imidazole rings is 1. The zero-order valence-corrected chi connectivity index (χ0v) is 13.2. The van der Waals surface area contributed by atoms with Crippen LogP contribution in [0.15, 0.2) is 47.6 Å². The SMILES string of the molecule is Cc1ccc(C)c(S(=O)(=O)n2cnc3cc([N+](=O)[O-])ccc32)c1. The topological polar surface area (TPSA) is 95.1 Å². The number of hydrogen-bond donors (Lipinski definition) is 0. The molecule has 0 amide bonds. The lowest BCUT2D eigenvalue weighted by Gasteiger charge is -2.10. The molecule has 0 radical (unpaired) electrons. The number of aromatic nitrogens is 2. The van der Waals surface area contributed by atoms with Gasteiger partial charge in [0.2, 0.25) is 0 Å². The number of nitro benzene ring substituents is 1. The van der Waals surface area contributed by atoms with Gasteiger partial charge in [-0.1, -0.05) is 12.1 Å². The molecule has 0 saturated heterocycles. The second kappa shape index (κ2) is 5.17. The molecule has 0 saturated carbocycles. The summed E-state index contributed by atoms with van der Waals surface area (Å²) in [5.74, 6) is 0. The van der Waals surface area contributed by atoms with E-state index < -0.39 is 14.9 Å². The summed E-state index contributed by atoms with van der Waals surface area (Å²) in [6, 6.07) is 9.09. The third kappa shape index (κ3) is 2.46. The standard InChI is InChI=1S/C15H13N3O4S/c1-10-3-4-11(2)15(7-10)23(21,22)17-9-16-13-8-12(18(19)20)5-6-14(13)17/h3-9H,1-2H3. The number of aryl methyl sites for hydroxylation is 2. The summed E-state index contributed by atoms with van der Waals surface area (Å²) in [5, 5.41) is 10.8. The predicted octanol–water partition coefficient (Wildman–Crippen LogP) is 2.80. The molecule has 1 heterocycles. The molecular formula is C15H13N3O4S. The van der Waals surface area contributed by atoms with E-state index in [-0.39, 0.29) is 16.1 Å². The van der Waals surface area contributed by atoms with Crippen molar-refractivity contribution in [3.63, 3.8) is 0 Å². The van der Waals surface area contributed by atoms with E-state index >= 15 is 0 Å². The average Bonchev–Trinajstić information content (AvgIpc) is 2.93. The highest BCUT2D eigenvalue weighted by molar-refractivity contribution is 7.90. The summed E-state index contributed by atoms with van der Waals surface area (Å²) in [7, 11) is -3.82. The Bertz CT molecular complexity index is 1040. The van der Waals surface area contributed by atoms with Gasteiger partial charge in [-0.25, -0.2) is 17.4 Å². The van der Waals surface area contributed by atoms with Crippen LogP contribution in [-0.2, 0) is 10.0 Å². The Morgan fingerprint density at radius 2 is 1.87 bits per heavy atom. The van der Waals surface area contributed by atoms with Gasteiger partial charge in [0, 0.05) is 12.1 Å². The number of fused-ring (bicyclic) bond motifs is 1. The van der Waals surface area contributed by atoms with Crippen molar-refractivity contribution >= 4 is 26.7 Å². The van der Waals surface area contributed by atoms with E-state index in [9.17, 15) is 18.5 Å². The Morgan fingerprint density at radius 3 is 2.57 bits per heavy atom. The third-order valence-corrected chi connectivity index (χ3v) is 5.39. The highest BCUT2D eigenvalue weighted by Crippen LogP contribution is 2.25. The highest BCUT2D eigenvalue weighted by Gasteiger charge is 2.22. The molecular weight excluding hydrogens is 318 g/mol. The summed E-state index contributed by atoms with van der Waals surface area (Å²) in [6.07, 6.45) is 1.17. The van der Waals surface area contributed by atoms with Gasteiger partial charge < -0.3 is 0 Å². The molecule has 0 spiro atoms. The lowest BCUT2D eigenvalue weighted by atomic mass is 10.2. The van der Waals surface area contributed by atoms with E-state index in [1.807, 2.05) is 13.0 Å². The molecule has 0 aliphatic heterocycles. The molecule has 3 aromatic rings. The van der Waals surface area contributed by atoms with Crippen molar-refractivity contribution in [1.29, 1.82) is 0 Å². The van der Waals surface area contributed by atoms with Crippen LogP contribution in [0.5, 0.6) is 0 Å². The van der Waals surface area contributed by atoms with Crippen molar-refractivity contribution < 1.29 is 13.3 Å². The third-order valence-electron chi connectivity index (χ3n) is 3.59. The van der Waals surface area contributed by atoms with E-state index in [4.69, 9.17) is 0 Å². The molecule has 0 N–H and O–H groups in total. The Morgan fingerprint density at radius 1 is 1.13 bits per heavy atom. The van der Waals surface area contributed by atoms with Crippen LogP contribution in [0.3, 0.4) is 0 Å². The fraction of sp³-hybridized carbons (Fsp3) is 0.133. The number of rotatable bonds is 3. The van der Waals surface area contributed by atoms with Gasteiger partial charge in [0.15, 0.2) is 0 Å². The molecule has 2 aromatic carbocycles. The molecule has 0 aliphatic rings. The first-order valence-electron chi connectivity index (χ1n) is 6.75. The lowest BCUT2D eigenvalue weighted by molar-refractivity contribution is -0.384. The first-order valence-corrected chi connectivity index (χ1v) is 8.19. The molecule has 8 heteroatoms. The highest BCUT2D eigenvalue weighted by atomic mass is 32.2. The maximum absolute atomic E-state index is 12.9. The van der Waals surface area contributed by atoms with Gasteiger partial charge >= 0.3 is 0 Å². The number of benzene rings is 2. The predicted molar refractivity (Wildman–Crippen MR) is 84.9 cm³/mol. The number of nitro groups is 1. The molecule has 118 valence electrons. The second-order valence-corrected chi connectivity index (χ2v) is 7.03. The number of nitrogens with zero attached hydrogens (tertiary/aromatic N) is 3. The molecule has 0 aliphatic carbocycles. The van der Waals surface area contributed by atoms with Crippen molar-refractivity contribution in [2.24, 2.45) is 0 Å². The van der Waals surface area contributed by atoms with Crippen LogP contribution in [0.1, 0.15) is 11.1 Å². The van der Waals surface area contributed by atoms with Gasteiger partial charge in [0.1, 0.15) is 6.33 Å². The van der Waals surface area contributed by atoms with Crippen LogP contribution < -0.4 is 0 Å². The minimum Gasteiger partial charge on any atom is -0.258 e. The van der Waals surface area contributed by atoms with Crippen LogP contribution in [-0.4, -0.2) is 22.3 Å². The van der Waals surface area contributed by atoms with Gasteiger partial charge in [-0.3, -0.25) is 10.1 Å². The van der Waals surface area contributed by atoms with Crippen molar-refractivity contribution in [1.82, 2.24) is 8.96 Å². The maximum Gasteiger partial charge on any atom is 0.271 e. The summed E-state index contributed by atoms with van der Waals surface area (Å²) in [5.41, 5.74) is 1.88. The van der Waals surface area contributed by atoms with E-state index in [1.54, 1.807) is 19.1 Å². The summed E-state index contributed by atoms with van der Waals surface area (Å²) in [6.45, 7) is 3.53. The van der Waals surface area contributed by atoms with Gasteiger partial charge in [-0.05, 0) is 37.1 Å². The largest absolute Gasteiger partial charge is 0.271 e. The Kier molecular flexibility index (Phi) is 3.41. The van der Waals surface area contributed by atoms with E-state index in [2.05, 4.69) is 4.98 Å². The Labute approximate surface area is 132 Å². The lowest BCUT2D eigenvalue weighted by Crippen LogP contribution is -2.13. The second-order valence-electron chi connectivity index (χ2n) is 5.24. The molecule has 0 bridgehead atoms. The Hall–Kier alpha value is -2.74. The van der Waals surface area contributed by atoms with Crippen LogP contribution in [0, 0.1) is 24.0 Å². The smallest absolute Gasteiger partial charge is 0.258 e. The zero-order valence-electron chi connectivity index (χ0n) is 12.4. The normalized spacial score (nSPS) is 11.7. The van der Waals surface area contributed by atoms with Crippen molar-refractivity contribution in [2.45, 2.75) is 18.7 Å². The van der Waals surface area contributed by atoms with Crippen LogP contribution in [0.4, 0.5) is 5.69 Å². The summed E-state index contributed by atoms with van der Waals surface area (Å²) in [4.78, 5) is 14.4. The summed E-state index contributed by atoms with van der Waals surface area (Å²) < 4.78 is 26.8. The molecule has 23 heavy (non-hydrogen) atoms. The van der Waals surface area contributed by atoms with Crippen LogP contribution in [0.2, 0.25) is 0 Å². The van der Waals surface area contributed by atoms with E-state index in [1.165, 1.54) is 24.5 Å². The van der Waals surface area contributed by atoms with E-state index in [0.29, 0.717) is 11.1 Å². The minimum absolute atomic E-state index is 0.133. The molecule has 1 aromatic heterocycles. The first kappa shape index (κ1) is 15.2. The average molecular weight is 331 g/mol. The Balaban J connectivity index is 2.23. The summed E-state index contributed by atoms with van der Waals surface area (Å²) >= 11 is 0. The zero-order chi connectivity index (χ0) is 16.8. The quantitative estimate of drug-likeness (QED) is 0.543. The van der Waals surface area contributed by atoms with Gasteiger partial charge in [-0.15, -0.1) is 0 Å². The van der Waals surface area contributed by atoms with Crippen molar-refractivity contribution in [3.05, 3.63) is 64.0 Å². The van der Waals surface area contributed by atoms with Crippen molar-refractivity contribution in [3.8, 4) is 0 Å². The molecule has 3 rings (SSSR count). The van der Waals surface area contributed by atoms with E-state index in [0.717, 1.165) is 9.54 Å². The number of hydrogen-bond acceptors (Lipinski definition) is 5. The van der Waals surface area contributed by atoms with Gasteiger partial charge in [-0.2, -0.15) is 0 Å². The number of non-ortho nitro benzene ring substituents is 1. The fourth-order valence-corrected chi connectivity index (χ4v) is 3.98. The molecule has 0 fully saturated rings. The molecule has 0 unspecified atom stereocenters. The molecule has 0 atom stereocenters. The first-order chi connectivity index (χ1) is 10.8. The monoisotopic (exact) mass is 331 g/mol. The van der Waals surface area contributed by atoms with Gasteiger partial charge in [0.25, 0.3) is 15.7 Å². The minimum atomic E-state index is -3.82. The van der Waals surface area contributed by atoms with Crippen LogP contribution >= 0.6 is 0 Å². The van der Waals surface area contributed by atoms with Gasteiger partial charge in [0.05, 0.1) is 20.9 Å². The van der Waals surface area contributed by atoms with Crippen molar-refractivity contribution in [2.75, 3.05) is 0 Å².